The van der Waals surface area contributed by atoms with Gasteiger partial charge < -0.3 is 9.73 Å². The molecule has 122 valence electrons. The number of carbonyl (C=O) groups excluding carboxylic acids is 1. The topological polar surface area (TPSA) is 73.0 Å². The molecule has 1 N–H and O–H groups in total. The highest BCUT2D eigenvalue weighted by molar-refractivity contribution is 5.82. The van der Waals surface area contributed by atoms with Gasteiger partial charge in [-0.1, -0.05) is 24.3 Å². The summed E-state index contributed by atoms with van der Waals surface area (Å²) in [5.74, 6) is 1.27. The summed E-state index contributed by atoms with van der Waals surface area (Å²) in [5.41, 5.74) is 2.21. The van der Waals surface area contributed by atoms with Crippen molar-refractivity contribution in [2.45, 2.75) is 25.4 Å². The molecule has 0 saturated heterocycles. The van der Waals surface area contributed by atoms with Crippen LogP contribution >= 0.6 is 0 Å². The fraction of sp³-hybridized carbons (Fsp3) is 0.278. The van der Waals surface area contributed by atoms with Crippen LogP contribution in [0.2, 0.25) is 0 Å². The van der Waals surface area contributed by atoms with E-state index in [1.54, 1.807) is 17.3 Å². The second kappa shape index (κ2) is 6.31. The monoisotopic (exact) mass is 322 g/mol. The second-order valence-electron chi connectivity index (χ2n) is 6.09. The maximum absolute atomic E-state index is 12.3. The van der Waals surface area contributed by atoms with Crippen LogP contribution in [0.5, 0.6) is 0 Å². The predicted octanol–water partition coefficient (Wildman–Crippen LogP) is 2.34. The van der Waals surface area contributed by atoms with Gasteiger partial charge in [0.25, 0.3) is 0 Å². The van der Waals surface area contributed by atoms with E-state index in [0.29, 0.717) is 13.1 Å². The summed E-state index contributed by atoms with van der Waals surface area (Å²) in [6.07, 6.45) is 5.74. The summed E-state index contributed by atoms with van der Waals surface area (Å²) in [6.45, 7) is 1.20. The summed E-state index contributed by atoms with van der Waals surface area (Å²) >= 11 is 0. The minimum Gasteiger partial charge on any atom is -0.469 e. The first-order valence-electron chi connectivity index (χ1n) is 8.01. The maximum atomic E-state index is 12.3. The van der Waals surface area contributed by atoms with E-state index >= 15 is 0 Å². The first kappa shape index (κ1) is 14.7. The molecule has 0 bridgehead atoms. The molecule has 2 heterocycles. The summed E-state index contributed by atoms with van der Waals surface area (Å²) in [5, 5.41) is 7.13. The standard InChI is InChI=1S/C18H18N4O2/c23-18(16-8-15(16)17-5-2-6-24-17)20-9-13-3-1-4-14(7-13)10-22-12-19-11-21-22/h1-7,11-12,15-16H,8-10H2,(H,20,23)/t15-,16+/m0/s1. The molecule has 0 aliphatic heterocycles. The number of nitrogens with one attached hydrogen (secondary N) is 1. The summed E-state index contributed by atoms with van der Waals surface area (Å²) in [4.78, 5) is 16.2. The lowest BCUT2D eigenvalue weighted by molar-refractivity contribution is -0.122. The van der Waals surface area contributed by atoms with Crippen molar-refractivity contribution in [1.82, 2.24) is 20.1 Å². The number of nitrogens with zero attached hydrogens (tertiary/aromatic N) is 3. The number of benzene rings is 1. The number of hydrogen-bond donors (Lipinski definition) is 1. The van der Waals surface area contributed by atoms with Gasteiger partial charge in [-0.05, 0) is 29.7 Å². The molecule has 0 spiro atoms. The van der Waals surface area contributed by atoms with Gasteiger partial charge in [0.2, 0.25) is 5.91 Å². The molecule has 2 aromatic heterocycles. The predicted molar refractivity (Wildman–Crippen MR) is 87.0 cm³/mol. The Morgan fingerprint density at radius 3 is 3.00 bits per heavy atom. The Bertz CT molecular complexity index is 811. The molecule has 3 aromatic rings. The van der Waals surface area contributed by atoms with Crippen molar-refractivity contribution in [2.75, 3.05) is 0 Å². The van der Waals surface area contributed by atoms with Crippen LogP contribution < -0.4 is 5.32 Å². The average Bonchev–Trinajstić information content (AvgIpc) is 3.00. The minimum absolute atomic E-state index is 0.0366. The number of aromatic nitrogens is 3. The van der Waals surface area contributed by atoms with Crippen LogP contribution in [-0.2, 0) is 17.9 Å². The largest absolute Gasteiger partial charge is 0.469 e. The molecule has 1 saturated carbocycles. The molecule has 0 unspecified atom stereocenters. The Hall–Kier alpha value is -2.89. The van der Waals surface area contributed by atoms with E-state index in [1.165, 1.54) is 6.33 Å². The van der Waals surface area contributed by atoms with Crippen LogP contribution in [0, 0.1) is 5.92 Å². The summed E-state index contributed by atoms with van der Waals surface area (Å²) in [6, 6.07) is 11.9. The van der Waals surface area contributed by atoms with Crippen molar-refractivity contribution in [3.63, 3.8) is 0 Å². The Balaban J connectivity index is 1.32. The first-order valence-corrected chi connectivity index (χ1v) is 8.01. The van der Waals surface area contributed by atoms with E-state index in [9.17, 15) is 4.79 Å². The van der Waals surface area contributed by atoms with Crippen LogP contribution in [0.4, 0.5) is 0 Å². The van der Waals surface area contributed by atoms with Crippen molar-refractivity contribution in [2.24, 2.45) is 5.92 Å². The summed E-state index contributed by atoms with van der Waals surface area (Å²) in [7, 11) is 0. The molecular formula is C18H18N4O2. The third kappa shape index (κ3) is 3.22. The lowest BCUT2D eigenvalue weighted by atomic mass is 10.1. The van der Waals surface area contributed by atoms with Gasteiger partial charge in [-0.15, -0.1) is 0 Å². The van der Waals surface area contributed by atoms with E-state index in [4.69, 9.17) is 4.42 Å². The Morgan fingerprint density at radius 2 is 2.21 bits per heavy atom. The number of rotatable bonds is 6. The highest BCUT2D eigenvalue weighted by atomic mass is 16.3. The van der Waals surface area contributed by atoms with Crippen molar-refractivity contribution in [3.8, 4) is 0 Å². The molecule has 6 heteroatoms. The van der Waals surface area contributed by atoms with Crippen LogP contribution in [0.1, 0.15) is 29.2 Å². The average molecular weight is 322 g/mol. The maximum Gasteiger partial charge on any atom is 0.224 e. The van der Waals surface area contributed by atoms with Gasteiger partial charge in [-0.2, -0.15) is 5.10 Å². The molecule has 0 radical (unpaired) electrons. The molecule has 1 aliphatic rings. The van der Waals surface area contributed by atoms with Crippen LogP contribution in [0.15, 0.2) is 59.7 Å². The minimum atomic E-state index is 0.0366. The van der Waals surface area contributed by atoms with Gasteiger partial charge in [0.15, 0.2) is 0 Å². The zero-order valence-electron chi connectivity index (χ0n) is 13.1. The van der Waals surface area contributed by atoms with Crippen LogP contribution in [0.25, 0.3) is 0 Å². The fourth-order valence-electron chi connectivity index (χ4n) is 2.96. The van der Waals surface area contributed by atoms with Gasteiger partial charge in [0.1, 0.15) is 18.4 Å². The first-order chi connectivity index (χ1) is 11.8. The number of furan rings is 1. The van der Waals surface area contributed by atoms with E-state index in [1.807, 2.05) is 30.3 Å². The van der Waals surface area contributed by atoms with Gasteiger partial charge in [0.05, 0.1) is 12.8 Å². The van der Waals surface area contributed by atoms with Gasteiger partial charge in [0, 0.05) is 18.4 Å². The van der Waals surface area contributed by atoms with Crippen LogP contribution in [-0.4, -0.2) is 20.7 Å². The molecule has 4 rings (SSSR count). The molecular weight excluding hydrogens is 304 g/mol. The Kier molecular flexibility index (Phi) is 3.86. The third-order valence-corrected chi connectivity index (χ3v) is 4.31. The zero-order valence-corrected chi connectivity index (χ0v) is 13.1. The smallest absolute Gasteiger partial charge is 0.224 e. The number of hydrogen-bond acceptors (Lipinski definition) is 4. The van der Waals surface area contributed by atoms with Gasteiger partial charge >= 0.3 is 0 Å². The second-order valence-corrected chi connectivity index (χ2v) is 6.09. The highest BCUT2D eigenvalue weighted by Crippen LogP contribution is 2.47. The normalized spacial score (nSPS) is 19.2. The molecule has 6 nitrogen and oxygen atoms in total. The SMILES string of the molecule is O=C(NCc1cccc(Cn2cncn2)c1)[C@@H]1C[C@@H]1c1ccco1. The molecule has 1 fully saturated rings. The lowest BCUT2D eigenvalue weighted by Crippen LogP contribution is -2.24. The molecule has 2 atom stereocenters. The van der Waals surface area contributed by atoms with Crippen molar-refractivity contribution >= 4 is 5.91 Å². The number of amides is 1. The molecule has 1 amide bonds. The van der Waals surface area contributed by atoms with Gasteiger partial charge in [-0.25, -0.2) is 9.67 Å². The van der Waals surface area contributed by atoms with Crippen molar-refractivity contribution in [1.29, 1.82) is 0 Å². The molecule has 24 heavy (non-hydrogen) atoms. The Morgan fingerprint density at radius 1 is 1.29 bits per heavy atom. The van der Waals surface area contributed by atoms with Crippen LogP contribution in [0.3, 0.4) is 0 Å². The van der Waals surface area contributed by atoms with Crippen molar-refractivity contribution in [3.05, 3.63) is 72.2 Å². The highest BCUT2D eigenvalue weighted by Gasteiger charge is 2.45. The molecule has 1 aromatic carbocycles. The van der Waals surface area contributed by atoms with E-state index in [2.05, 4.69) is 21.5 Å². The Labute approximate surface area is 139 Å². The summed E-state index contributed by atoms with van der Waals surface area (Å²) < 4.78 is 7.15. The zero-order chi connectivity index (χ0) is 16.4. The number of carbonyl (C=O) groups is 1. The van der Waals surface area contributed by atoms with Gasteiger partial charge in [-0.3, -0.25) is 4.79 Å². The lowest BCUT2D eigenvalue weighted by Gasteiger charge is -2.07. The van der Waals surface area contributed by atoms with E-state index in [0.717, 1.165) is 23.3 Å². The van der Waals surface area contributed by atoms with E-state index < -0.39 is 0 Å². The quantitative estimate of drug-likeness (QED) is 0.756. The fourth-order valence-corrected chi connectivity index (χ4v) is 2.96. The third-order valence-electron chi connectivity index (χ3n) is 4.31. The van der Waals surface area contributed by atoms with Crippen molar-refractivity contribution < 1.29 is 9.21 Å². The van der Waals surface area contributed by atoms with E-state index in [-0.39, 0.29) is 17.7 Å². The molecule has 1 aliphatic carbocycles.